The van der Waals surface area contributed by atoms with Crippen LogP contribution in [0.25, 0.3) is 11.1 Å². The Morgan fingerprint density at radius 1 is 1.22 bits per heavy atom. The molecular formula is C25H28F2N6O3. The Balaban J connectivity index is 1.47. The van der Waals surface area contributed by atoms with Crippen molar-refractivity contribution in [3.05, 3.63) is 41.3 Å². The van der Waals surface area contributed by atoms with E-state index < -0.39 is 6.61 Å². The zero-order valence-electron chi connectivity index (χ0n) is 20.3. The van der Waals surface area contributed by atoms with Crippen LogP contribution in [0.3, 0.4) is 0 Å². The number of rotatable bonds is 5. The fraction of sp³-hybridized carbons (Fsp3) is 0.480. The number of carbonyl (C=O) groups excluding carboxylic acids is 1. The van der Waals surface area contributed by atoms with Gasteiger partial charge >= 0.3 is 6.61 Å². The summed E-state index contributed by atoms with van der Waals surface area (Å²) >= 11 is 0. The molecule has 11 heteroatoms. The number of hydrogen-bond donors (Lipinski definition) is 0. The van der Waals surface area contributed by atoms with Crippen molar-refractivity contribution in [1.82, 2.24) is 24.5 Å². The van der Waals surface area contributed by atoms with E-state index in [-0.39, 0.29) is 17.7 Å². The number of amides is 1. The Morgan fingerprint density at radius 2 is 2.06 bits per heavy atom. The van der Waals surface area contributed by atoms with Gasteiger partial charge in [-0.15, -0.1) is 0 Å². The standard InChI is InChI=1S/C25H28F2N6O3/c1-15(34)31-7-5-21-20(12-31)24(29-33(21)18-13-35-14-18)32-6-3-4-16-8-19(17-10-28-30(2)11-17)23(9-22(16)32)36-25(26)27/h8-11,18,25H,3-7,12-14H2,1-2H3. The number of ether oxygens (including phenoxy) is 2. The van der Waals surface area contributed by atoms with Gasteiger partial charge in [0.2, 0.25) is 5.91 Å². The molecule has 36 heavy (non-hydrogen) atoms. The van der Waals surface area contributed by atoms with Gasteiger partial charge in [-0.1, -0.05) is 0 Å². The lowest BCUT2D eigenvalue weighted by molar-refractivity contribution is -0.129. The normalized spacial score (nSPS) is 17.7. The van der Waals surface area contributed by atoms with E-state index in [0.717, 1.165) is 53.2 Å². The number of carbonyl (C=O) groups is 1. The molecule has 1 aromatic carbocycles. The molecule has 0 radical (unpaired) electrons. The van der Waals surface area contributed by atoms with E-state index in [1.165, 1.54) is 0 Å². The van der Waals surface area contributed by atoms with Crippen molar-refractivity contribution >= 4 is 17.4 Å². The Hall–Kier alpha value is -3.47. The number of aromatic nitrogens is 4. The Bertz CT molecular complexity index is 1320. The zero-order valence-corrected chi connectivity index (χ0v) is 20.3. The van der Waals surface area contributed by atoms with Crippen LogP contribution >= 0.6 is 0 Å². The summed E-state index contributed by atoms with van der Waals surface area (Å²) in [5, 5.41) is 9.23. The van der Waals surface area contributed by atoms with Crippen LogP contribution in [0.4, 0.5) is 20.3 Å². The van der Waals surface area contributed by atoms with Gasteiger partial charge in [-0.25, -0.2) is 0 Å². The highest BCUT2D eigenvalue weighted by Crippen LogP contribution is 2.44. The second-order valence-electron chi connectivity index (χ2n) is 9.59. The Morgan fingerprint density at radius 3 is 2.72 bits per heavy atom. The molecule has 0 bridgehead atoms. The predicted octanol–water partition coefficient (Wildman–Crippen LogP) is 3.45. The van der Waals surface area contributed by atoms with Crippen molar-refractivity contribution in [3.8, 4) is 16.9 Å². The molecule has 0 N–H and O–H groups in total. The minimum Gasteiger partial charge on any atom is -0.434 e. The summed E-state index contributed by atoms with van der Waals surface area (Å²) in [5.41, 5.74) is 5.29. The SMILES string of the molecule is CC(=O)N1CCc2c(c(N3CCCc4cc(-c5cnn(C)c5)c(OC(F)F)cc43)nn2C2COC2)C1. The minimum absolute atomic E-state index is 0.0269. The molecule has 0 unspecified atom stereocenters. The smallest absolute Gasteiger partial charge is 0.387 e. The van der Waals surface area contributed by atoms with Crippen molar-refractivity contribution < 1.29 is 23.0 Å². The van der Waals surface area contributed by atoms with E-state index in [1.54, 1.807) is 37.1 Å². The van der Waals surface area contributed by atoms with Gasteiger partial charge in [-0.05, 0) is 24.5 Å². The van der Waals surface area contributed by atoms with Gasteiger partial charge in [0, 0.05) is 73.8 Å². The molecular weight excluding hydrogens is 470 g/mol. The van der Waals surface area contributed by atoms with E-state index in [1.807, 2.05) is 11.0 Å². The molecule has 9 nitrogen and oxygen atoms in total. The van der Waals surface area contributed by atoms with Crippen LogP contribution in [-0.4, -0.2) is 63.3 Å². The van der Waals surface area contributed by atoms with Crippen molar-refractivity contribution in [2.45, 2.75) is 45.4 Å². The highest BCUT2D eigenvalue weighted by molar-refractivity contribution is 5.79. The third kappa shape index (κ3) is 3.91. The first kappa shape index (κ1) is 23.0. The molecule has 0 saturated carbocycles. The molecule has 5 heterocycles. The molecule has 0 atom stereocenters. The summed E-state index contributed by atoms with van der Waals surface area (Å²) < 4.78 is 41.0. The van der Waals surface area contributed by atoms with Gasteiger partial charge in [0.05, 0.1) is 32.0 Å². The summed E-state index contributed by atoms with van der Waals surface area (Å²) in [4.78, 5) is 16.1. The van der Waals surface area contributed by atoms with E-state index >= 15 is 0 Å². The van der Waals surface area contributed by atoms with Crippen molar-refractivity contribution in [1.29, 1.82) is 0 Å². The molecule has 190 valence electrons. The third-order valence-electron chi connectivity index (χ3n) is 7.26. The Labute approximate surface area is 207 Å². The number of nitrogens with zero attached hydrogens (tertiary/aromatic N) is 6. The minimum atomic E-state index is -2.95. The molecule has 6 rings (SSSR count). The topological polar surface area (TPSA) is 77.7 Å². The zero-order chi connectivity index (χ0) is 25.0. The maximum atomic E-state index is 13.4. The van der Waals surface area contributed by atoms with Crippen LogP contribution in [0.2, 0.25) is 0 Å². The summed E-state index contributed by atoms with van der Waals surface area (Å²) in [6.07, 6.45) is 5.86. The second-order valence-corrected chi connectivity index (χ2v) is 9.59. The summed E-state index contributed by atoms with van der Waals surface area (Å²) in [6, 6.07) is 3.81. The summed E-state index contributed by atoms with van der Waals surface area (Å²) in [6.45, 7) is 1.68. The number of alkyl halides is 2. The second kappa shape index (κ2) is 8.88. The van der Waals surface area contributed by atoms with Gasteiger partial charge in [-0.2, -0.15) is 19.0 Å². The molecule has 3 aromatic rings. The van der Waals surface area contributed by atoms with Crippen LogP contribution in [0.1, 0.15) is 36.2 Å². The average molecular weight is 499 g/mol. The molecule has 0 aliphatic carbocycles. The lowest BCUT2D eigenvalue weighted by Crippen LogP contribution is -2.37. The van der Waals surface area contributed by atoms with Crippen LogP contribution in [0.15, 0.2) is 24.5 Å². The number of fused-ring (bicyclic) bond motifs is 2. The molecule has 1 amide bonds. The highest BCUT2D eigenvalue weighted by atomic mass is 19.3. The van der Waals surface area contributed by atoms with Gasteiger partial charge < -0.3 is 19.3 Å². The average Bonchev–Trinajstić information content (AvgIpc) is 3.40. The fourth-order valence-electron chi connectivity index (χ4n) is 5.39. The first-order chi connectivity index (χ1) is 17.4. The van der Waals surface area contributed by atoms with Crippen LogP contribution in [0.5, 0.6) is 5.75 Å². The van der Waals surface area contributed by atoms with Gasteiger partial charge in [-0.3, -0.25) is 14.2 Å². The van der Waals surface area contributed by atoms with E-state index in [0.29, 0.717) is 38.4 Å². The lowest BCUT2D eigenvalue weighted by Gasteiger charge is -2.33. The van der Waals surface area contributed by atoms with Crippen molar-refractivity contribution in [2.24, 2.45) is 7.05 Å². The summed E-state index contributed by atoms with van der Waals surface area (Å²) in [5.74, 6) is 0.912. The third-order valence-corrected chi connectivity index (χ3v) is 7.26. The first-order valence-corrected chi connectivity index (χ1v) is 12.2. The van der Waals surface area contributed by atoms with Gasteiger partial charge in [0.25, 0.3) is 0 Å². The number of halogens is 2. The lowest BCUT2D eigenvalue weighted by atomic mass is 9.95. The maximum absolute atomic E-state index is 13.4. The molecule has 3 aliphatic heterocycles. The van der Waals surface area contributed by atoms with Crippen LogP contribution in [-0.2, 0) is 36.0 Å². The quantitative estimate of drug-likeness (QED) is 0.537. The first-order valence-electron chi connectivity index (χ1n) is 12.2. The molecule has 2 aromatic heterocycles. The summed E-state index contributed by atoms with van der Waals surface area (Å²) in [7, 11) is 1.79. The van der Waals surface area contributed by atoms with Crippen molar-refractivity contribution in [3.63, 3.8) is 0 Å². The maximum Gasteiger partial charge on any atom is 0.387 e. The van der Waals surface area contributed by atoms with Gasteiger partial charge in [0.1, 0.15) is 5.75 Å². The Kier molecular flexibility index (Phi) is 5.66. The van der Waals surface area contributed by atoms with Crippen molar-refractivity contribution in [2.75, 3.05) is 31.2 Å². The van der Waals surface area contributed by atoms with Crippen LogP contribution < -0.4 is 9.64 Å². The van der Waals surface area contributed by atoms with E-state index in [9.17, 15) is 13.6 Å². The van der Waals surface area contributed by atoms with E-state index in [4.69, 9.17) is 14.6 Å². The molecule has 0 spiro atoms. The van der Waals surface area contributed by atoms with E-state index in [2.05, 4.69) is 14.7 Å². The number of anilines is 2. The fourth-order valence-corrected chi connectivity index (χ4v) is 5.39. The highest BCUT2D eigenvalue weighted by Gasteiger charge is 2.35. The predicted molar refractivity (Wildman–Crippen MR) is 127 cm³/mol. The number of benzene rings is 1. The van der Waals surface area contributed by atoms with Crippen LogP contribution in [0, 0.1) is 0 Å². The monoisotopic (exact) mass is 498 g/mol. The number of aryl methyl sites for hydroxylation is 2. The largest absolute Gasteiger partial charge is 0.434 e. The number of hydrogen-bond acceptors (Lipinski definition) is 6. The van der Waals surface area contributed by atoms with Gasteiger partial charge in [0.15, 0.2) is 5.82 Å². The molecule has 1 fully saturated rings. The molecule has 1 saturated heterocycles. The molecule has 3 aliphatic rings.